The molecule has 62 heavy (non-hydrogen) atoms. The molecule has 2 heterocycles. The van der Waals surface area contributed by atoms with Gasteiger partial charge in [0, 0.05) is 30.8 Å². The van der Waals surface area contributed by atoms with Crippen LogP contribution in [-0.4, -0.2) is 123 Å². The molecule has 0 unspecified atom stereocenters. The lowest BCUT2D eigenvalue weighted by molar-refractivity contribution is -0.346. The van der Waals surface area contributed by atoms with E-state index < -0.39 is 90.8 Å². The minimum atomic E-state index is -1.67. The van der Waals surface area contributed by atoms with E-state index in [2.05, 4.69) is 33.8 Å². The first-order chi connectivity index (χ1) is 29.4. The van der Waals surface area contributed by atoms with Crippen LogP contribution >= 0.6 is 0 Å². The first-order valence-electron chi connectivity index (χ1n) is 22.7. The van der Waals surface area contributed by atoms with Gasteiger partial charge in [0.15, 0.2) is 24.8 Å². The van der Waals surface area contributed by atoms with Crippen LogP contribution in [0, 0.1) is 40.4 Å². The number of benzene rings is 1. The highest BCUT2D eigenvalue weighted by molar-refractivity contribution is 5.87. The van der Waals surface area contributed by atoms with Crippen molar-refractivity contribution in [2.75, 3.05) is 13.2 Å². The molecule has 14 nitrogen and oxygen atoms in total. The van der Waals surface area contributed by atoms with Crippen LogP contribution in [0.15, 0.2) is 48.1 Å². The van der Waals surface area contributed by atoms with E-state index in [0.29, 0.717) is 38.0 Å². The van der Waals surface area contributed by atoms with E-state index in [1.165, 1.54) is 18.6 Å². The van der Waals surface area contributed by atoms with E-state index in [1.54, 1.807) is 31.2 Å². The topological polar surface area (TPSA) is 208 Å². The molecule has 3 saturated carbocycles. The Morgan fingerprint density at radius 1 is 0.871 bits per heavy atom. The molecule has 2 aliphatic heterocycles. The summed E-state index contributed by atoms with van der Waals surface area (Å²) in [5, 5.41) is 57.0. The van der Waals surface area contributed by atoms with E-state index in [9.17, 15) is 39.9 Å². The van der Waals surface area contributed by atoms with Gasteiger partial charge < -0.3 is 54.0 Å². The van der Waals surface area contributed by atoms with Gasteiger partial charge in [0.05, 0.1) is 25.4 Å². The predicted octanol–water partition coefficient (Wildman–Crippen LogP) is 4.42. The number of esters is 2. The number of fused-ring (bicyclic) bond motifs is 5. The maximum absolute atomic E-state index is 14.1. The zero-order valence-corrected chi connectivity index (χ0v) is 37.0. The van der Waals surface area contributed by atoms with Crippen molar-refractivity contribution in [3.63, 3.8) is 0 Å². The molecule has 0 amide bonds. The Balaban J connectivity index is 1.17. The third kappa shape index (κ3) is 8.97. The van der Waals surface area contributed by atoms with Gasteiger partial charge in [-0.15, -0.1) is 0 Å². The van der Waals surface area contributed by atoms with Crippen molar-refractivity contribution in [1.29, 1.82) is 0 Å². The molecule has 1 aromatic rings. The quantitative estimate of drug-likeness (QED) is 0.106. The summed E-state index contributed by atoms with van der Waals surface area (Å²) in [5.41, 5.74) is -0.462. The molecule has 5 fully saturated rings. The molecule has 2 saturated heterocycles. The molecule has 0 spiro atoms. The summed E-state index contributed by atoms with van der Waals surface area (Å²) in [4.78, 5) is 40.0. The van der Waals surface area contributed by atoms with E-state index in [1.807, 2.05) is 6.07 Å². The Bertz CT molecular complexity index is 1820. The van der Waals surface area contributed by atoms with Gasteiger partial charge in [0.1, 0.15) is 35.8 Å². The van der Waals surface area contributed by atoms with Gasteiger partial charge in [0.2, 0.25) is 0 Å². The number of allylic oxidation sites excluding steroid dienone is 1. The molecular formula is C48H68O14. The number of hydrogen-bond donors (Lipinski definition) is 5. The highest BCUT2D eigenvalue weighted by atomic mass is 16.8. The number of rotatable bonds is 13. The lowest BCUT2D eigenvalue weighted by Crippen LogP contribution is -2.64. The van der Waals surface area contributed by atoms with Gasteiger partial charge in [-0.25, -0.2) is 4.79 Å². The van der Waals surface area contributed by atoms with Crippen molar-refractivity contribution < 1.29 is 68.3 Å². The Labute approximate surface area is 364 Å². The second-order valence-electron chi connectivity index (χ2n) is 19.8. The molecule has 14 heteroatoms. The Hall–Kier alpha value is -3.05. The maximum Gasteiger partial charge on any atom is 0.331 e. The van der Waals surface area contributed by atoms with Gasteiger partial charge in [0.25, 0.3) is 0 Å². The van der Waals surface area contributed by atoms with Crippen LogP contribution in [-0.2, 0) is 42.8 Å². The molecule has 17 atom stereocenters. The molecule has 4 aliphatic carbocycles. The summed E-state index contributed by atoms with van der Waals surface area (Å²) >= 11 is 0. The van der Waals surface area contributed by atoms with Crippen molar-refractivity contribution in [3.05, 3.63) is 53.6 Å². The summed E-state index contributed by atoms with van der Waals surface area (Å²) < 4.78 is 36.4. The van der Waals surface area contributed by atoms with Crippen molar-refractivity contribution >= 4 is 23.8 Å². The fourth-order valence-electron chi connectivity index (χ4n) is 12.1. The molecule has 344 valence electrons. The van der Waals surface area contributed by atoms with E-state index in [0.717, 1.165) is 37.3 Å². The first kappa shape index (κ1) is 46.9. The van der Waals surface area contributed by atoms with E-state index in [-0.39, 0.29) is 41.7 Å². The molecule has 5 N–H and O–H groups in total. The van der Waals surface area contributed by atoms with Crippen molar-refractivity contribution in [2.24, 2.45) is 40.4 Å². The second kappa shape index (κ2) is 18.8. The maximum atomic E-state index is 14.1. The van der Waals surface area contributed by atoms with Crippen LogP contribution in [0.5, 0.6) is 0 Å². The fourth-order valence-corrected chi connectivity index (χ4v) is 12.1. The number of ketones is 1. The average Bonchev–Trinajstić information content (AvgIpc) is 3.47. The van der Waals surface area contributed by atoms with Gasteiger partial charge in [-0.2, -0.15) is 0 Å². The highest BCUT2D eigenvalue weighted by Gasteiger charge is 2.70. The van der Waals surface area contributed by atoms with Gasteiger partial charge in [-0.05, 0) is 92.1 Å². The van der Waals surface area contributed by atoms with Crippen LogP contribution in [0.1, 0.15) is 105 Å². The third-order valence-corrected chi connectivity index (χ3v) is 15.6. The number of aliphatic hydroxyl groups excluding tert-OH is 4. The minimum absolute atomic E-state index is 0.0542. The van der Waals surface area contributed by atoms with Crippen LogP contribution < -0.4 is 0 Å². The molecule has 7 rings (SSSR count). The largest absolute Gasteiger partial charge is 0.454 e. The Kier molecular flexibility index (Phi) is 14.2. The standard InChI is InChI=1S/C48H68O14/c1-26(2)12-16-35(51)27(3)48(56)38(23-34-32-15-14-30-22-31(50)18-20-46(30,5)33(32)19-21-47(34,48)6)60-45-43(59-28(4)49)41(37(53)25-58-45)62-44-42(40(55)36(52)24-57-44)61-39(54)17-13-29-10-8-7-9-11-29/h7-11,13-14,17,26-27,31-34,36-38,40-45,50,52-53,55-56H,12,15-16,18-25H2,1-6H3/b17-13+/t27-,31+,32-,33+,34+,36-,37+,38+,40+,41-,42+,43-,44+,45+,46+,47+,48-/m1/s1. The highest BCUT2D eigenvalue weighted by Crippen LogP contribution is 2.69. The minimum Gasteiger partial charge on any atom is -0.454 e. The van der Waals surface area contributed by atoms with Gasteiger partial charge in [-0.3, -0.25) is 9.59 Å². The van der Waals surface area contributed by atoms with Gasteiger partial charge in [-0.1, -0.05) is 76.6 Å². The zero-order chi connectivity index (χ0) is 44.7. The molecule has 0 radical (unpaired) electrons. The summed E-state index contributed by atoms with van der Waals surface area (Å²) in [6, 6.07) is 9.01. The smallest absolute Gasteiger partial charge is 0.331 e. The summed E-state index contributed by atoms with van der Waals surface area (Å²) in [7, 11) is 0. The number of carbonyl (C=O) groups excluding carboxylic acids is 3. The SMILES string of the molecule is CC(=O)O[C@H]1[C@H](O[C@H]2C[C@H]3[C@@H]4CC=C5C[C@@H](O)CC[C@]5(C)[C@H]4CC[C@]3(C)[C@@]2(O)[C@H](C)C(=O)CCC(C)C)OC[C@H](O)[C@H]1O[C@@H]1OC[C@@H](O)[C@H](O)[C@@H]1OC(=O)/C=C/c1ccccc1. The van der Waals surface area contributed by atoms with Crippen molar-refractivity contribution in [2.45, 2.75) is 166 Å². The summed E-state index contributed by atoms with van der Waals surface area (Å²) in [5.74, 6) is -1.77. The second-order valence-corrected chi connectivity index (χ2v) is 19.8. The number of Topliss-reactive ketones (excluding diaryl/α,β-unsaturated/α-hetero) is 1. The van der Waals surface area contributed by atoms with Crippen LogP contribution in [0.3, 0.4) is 0 Å². The normalized spacial score (nSPS) is 42.3. The lowest BCUT2D eigenvalue weighted by Gasteiger charge is -2.59. The van der Waals surface area contributed by atoms with Crippen LogP contribution in [0.25, 0.3) is 6.08 Å². The monoisotopic (exact) mass is 868 g/mol. The van der Waals surface area contributed by atoms with Crippen molar-refractivity contribution in [3.8, 4) is 0 Å². The lowest BCUT2D eigenvalue weighted by atomic mass is 9.46. The van der Waals surface area contributed by atoms with Crippen LogP contribution in [0.4, 0.5) is 0 Å². The van der Waals surface area contributed by atoms with Crippen molar-refractivity contribution in [1.82, 2.24) is 0 Å². The number of aliphatic hydroxyl groups is 5. The molecule has 0 aromatic heterocycles. The number of hydrogen-bond acceptors (Lipinski definition) is 14. The number of carbonyl (C=O) groups is 3. The average molecular weight is 869 g/mol. The Morgan fingerprint density at radius 3 is 2.26 bits per heavy atom. The van der Waals surface area contributed by atoms with E-state index in [4.69, 9.17) is 28.4 Å². The zero-order valence-electron chi connectivity index (χ0n) is 37.0. The Morgan fingerprint density at radius 2 is 1.56 bits per heavy atom. The summed E-state index contributed by atoms with van der Waals surface area (Å²) in [6.07, 6.45) is -2.27. The fraction of sp³-hybridized carbons (Fsp3) is 0.729. The molecule has 1 aromatic carbocycles. The van der Waals surface area contributed by atoms with Gasteiger partial charge >= 0.3 is 11.9 Å². The van der Waals surface area contributed by atoms with E-state index >= 15 is 0 Å². The third-order valence-electron chi connectivity index (χ3n) is 15.6. The molecule has 0 bridgehead atoms. The molecule has 6 aliphatic rings. The first-order valence-corrected chi connectivity index (χ1v) is 22.7. The van der Waals surface area contributed by atoms with Crippen LogP contribution in [0.2, 0.25) is 0 Å². The summed E-state index contributed by atoms with van der Waals surface area (Å²) in [6.45, 7) is 10.8. The molecular weight excluding hydrogens is 801 g/mol. The number of ether oxygens (including phenoxy) is 6. The predicted molar refractivity (Wildman–Crippen MR) is 224 cm³/mol.